The molecule has 0 bridgehead atoms. The maximum atomic E-state index is 13.6. The van der Waals surface area contributed by atoms with Crippen LogP contribution in [0.3, 0.4) is 0 Å². The summed E-state index contributed by atoms with van der Waals surface area (Å²) in [5, 5.41) is 11.2. The number of hydrogen-bond acceptors (Lipinski definition) is 5. The topological polar surface area (TPSA) is 79.7 Å². The van der Waals surface area contributed by atoms with E-state index in [9.17, 15) is 19.1 Å². The Hall–Kier alpha value is -4.00. The predicted molar refractivity (Wildman–Crippen MR) is 121 cm³/mol. The second-order valence-corrected chi connectivity index (χ2v) is 7.71. The Morgan fingerprint density at radius 1 is 1.09 bits per heavy atom. The van der Waals surface area contributed by atoms with Gasteiger partial charge in [-0.05, 0) is 53.9 Å². The molecule has 6 nitrogen and oxygen atoms in total. The maximum absolute atomic E-state index is 13.6. The number of halogens is 1. The third-order valence-corrected chi connectivity index (χ3v) is 5.41. The minimum absolute atomic E-state index is 0.0479. The number of ketones is 1. The van der Waals surface area contributed by atoms with Crippen LogP contribution in [0.2, 0.25) is 0 Å². The van der Waals surface area contributed by atoms with E-state index in [-0.39, 0.29) is 17.9 Å². The second-order valence-electron chi connectivity index (χ2n) is 7.71. The zero-order valence-electron chi connectivity index (χ0n) is 18.1. The maximum Gasteiger partial charge on any atom is 0.295 e. The molecule has 1 fully saturated rings. The summed E-state index contributed by atoms with van der Waals surface area (Å²) < 4.78 is 19.2. The monoisotopic (exact) mass is 446 g/mol. The third kappa shape index (κ3) is 4.62. The molecule has 168 valence electrons. The summed E-state index contributed by atoms with van der Waals surface area (Å²) in [4.78, 5) is 31.5. The van der Waals surface area contributed by atoms with Gasteiger partial charge in [0.2, 0.25) is 0 Å². The van der Waals surface area contributed by atoms with Crippen LogP contribution in [0, 0.1) is 5.82 Å². The number of pyridine rings is 1. The normalized spacial score (nSPS) is 17.4. The Morgan fingerprint density at radius 3 is 2.52 bits per heavy atom. The van der Waals surface area contributed by atoms with Crippen molar-refractivity contribution in [3.63, 3.8) is 0 Å². The van der Waals surface area contributed by atoms with Gasteiger partial charge in [0.15, 0.2) is 0 Å². The van der Waals surface area contributed by atoms with Crippen molar-refractivity contribution in [1.29, 1.82) is 0 Å². The number of rotatable bonds is 7. The molecule has 0 spiro atoms. The summed E-state index contributed by atoms with van der Waals surface area (Å²) in [6.07, 6.45) is 4.02. The van der Waals surface area contributed by atoms with Crippen molar-refractivity contribution in [2.45, 2.75) is 25.9 Å². The molecular formula is C26H23FN2O4. The molecule has 2 heterocycles. The highest BCUT2D eigenvalue weighted by molar-refractivity contribution is 6.46. The Bertz CT molecular complexity index is 1190. The molecule has 0 saturated carbocycles. The number of likely N-dealkylation sites (tertiary alicyclic amines) is 1. The fourth-order valence-corrected chi connectivity index (χ4v) is 3.83. The van der Waals surface area contributed by atoms with Crippen molar-refractivity contribution in [2.75, 3.05) is 6.61 Å². The Kier molecular flexibility index (Phi) is 6.49. The molecule has 1 N–H and O–H groups in total. The average Bonchev–Trinajstić information content (AvgIpc) is 3.08. The summed E-state index contributed by atoms with van der Waals surface area (Å²) in [5.41, 5.74) is 1.60. The van der Waals surface area contributed by atoms with Crippen LogP contribution in [0.25, 0.3) is 5.76 Å². The Labute approximate surface area is 191 Å². The summed E-state index contributed by atoms with van der Waals surface area (Å²) in [7, 11) is 0. The van der Waals surface area contributed by atoms with Gasteiger partial charge < -0.3 is 14.7 Å². The quantitative estimate of drug-likeness (QED) is 0.325. The number of amides is 1. The van der Waals surface area contributed by atoms with E-state index in [2.05, 4.69) is 4.98 Å². The number of aliphatic hydroxyl groups is 1. The number of carbonyl (C=O) groups excluding carboxylic acids is 2. The minimum Gasteiger partial charge on any atom is -0.507 e. The number of aliphatic hydroxyl groups excluding tert-OH is 1. The molecule has 1 aromatic heterocycles. The van der Waals surface area contributed by atoms with Gasteiger partial charge in [-0.2, -0.15) is 0 Å². The van der Waals surface area contributed by atoms with Gasteiger partial charge in [0.1, 0.15) is 17.3 Å². The molecule has 7 heteroatoms. The van der Waals surface area contributed by atoms with Crippen LogP contribution >= 0.6 is 0 Å². The number of hydrogen-bond donors (Lipinski definition) is 1. The molecule has 3 aromatic rings. The smallest absolute Gasteiger partial charge is 0.295 e. The first-order valence-corrected chi connectivity index (χ1v) is 10.7. The largest absolute Gasteiger partial charge is 0.507 e. The number of ether oxygens (including phenoxy) is 1. The first-order valence-electron chi connectivity index (χ1n) is 10.7. The molecule has 1 aliphatic rings. The summed E-state index contributed by atoms with van der Waals surface area (Å²) in [6.45, 7) is 2.62. The number of carbonyl (C=O) groups is 2. The molecule has 4 rings (SSSR count). The molecule has 0 radical (unpaired) electrons. The lowest BCUT2D eigenvalue weighted by atomic mass is 9.95. The number of Topliss-reactive ketones (excluding diaryl/α,β-unsaturated/α-hetero) is 1. The molecule has 1 amide bonds. The molecule has 1 saturated heterocycles. The van der Waals surface area contributed by atoms with Gasteiger partial charge in [-0.3, -0.25) is 14.6 Å². The van der Waals surface area contributed by atoms with E-state index in [0.29, 0.717) is 23.5 Å². The van der Waals surface area contributed by atoms with Crippen LogP contribution in [-0.2, 0) is 16.1 Å². The van der Waals surface area contributed by atoms with E-state index >= 15 is 0 Å². The van der Waals surface area contributed by atoms with Gasteiger partial charge in [0, 0.05) is 24.5 Å². The third-order valence-electron chi connectivity index (χ3n) is 5.41. The molecule has 0 aliphatic carbocycles. The van der Waals surface area contributed by atoms with Crippen molar-refractivity contribution < 1.29 is 23.8 Å². The lowest BCUT2D eigenvalue weighted by molar-refractivity contribution is -0.140. The highest BCUT2D eigenvalue weighted by Gasteiger charge is 2.46. The summed E-state index contributed by atoms with van der Waals surface area (Å²) >= 11 is 0. The molecule has 1 aliphatic heterocycles. The number of benzene rings is 2. The molecular weight excluding hydrogens is 423 g/mol. The molecule has 1 atom stereocenters. The summed E-state index contributed by atoms with van der Waals surface area (Å²) in [5.74, 6) is -1.73. The average molecular weight is 446 g/mol. The van der Waals surface area contributed by atoms with Crippen LogP contribution in [-0.4, -0.2) is 33.3 Å². The van der Waals surface area contributed by atoms with Crippen molar-refractivity contribution >= 4 is 17.4 Å². The first-order chi connectivity index (χ1) is 16.0. The summed E-state index contributed by atoms with van der Waals surface area (Å²) in [6, 6.07) is 14.9. The van der Waals surface area contributed by atoms with Crippen molar-refractivity contribution in [1.82, 2.24) is 9.88 Å². The van der Waals surface area contributed by atoms with E-state index in [0.717, 1.165) is 12.0 Å². The predicted octanol–water partition coefficient (Wildman–Crippen LogP) is 4.63. The van der Waals surface area contributed by atoms with E-state index in [1.165, 1.54) is 29.2 Å². The van der Waals surface area contributed by atoms with Crippen LogP contribution in [0.15, 0.2) is 78.6 Å². The SMILES string of the molecule is CCCOc1cccc(C(O)=C2C(=O)C(=O)N(Cc3ccncc3)C2c2ccc(F)cc2)c1. The zero-order chi connectivity index (χ0) is 23.4. The lowest BCUT2D eigenvalue weighted by Gasteiger charge is -2.25. The zero-order valence-corrected chi connectivity index (χ0v) is 18.1. The first kappa shape index (κ1) is 22.2. The van der Waals surface area contributed by atoms with E-state index in [4.69, 9.17) is 4.74 Å². The standard InChI is InChI=1S/C26H23FN2O4/c1-2-14-33-21-5-3-4-19(15-21)24(30)22-23(18-6-8-20(27)9-7-18)29(26(32)25(22)31)16-17-10-12-28-13-11-17/h3-13,15,23,30H,2,14,16H2,1H3. The highest BCUT2D eigenvalue weighted by Crippen LogP contribution is 2.40. The fraction of sp³-hybridized carbons (Fsp3) is 0.192. The van der Waals surface area contributed by atoms with E-state index in [1.54, 1.807) is 48.8 Å². The second kappa shape index (κ2) is 9.65. The number of aromatic nitrogens is 1. The van der Waals surface area contributed by atoms with Gasteiger partial charge in [0.25, 0.3) is 11.7 Å². The van der Waals surface area contributed by atoms with Crippen LogP contribution < -0.4 is 4.74 Å². The van der Waals surface area contributed by atoms with Crippen LogP contribution in [0.5, 0.6) is 5.75 Å². The minimum atomic E-state index is -0.876. The van der Waals surface area contributed by atoms with Gasteiger partial charge in [0.05, 0.1) is 18.2 Å². The van der Waals surface area contributed by atoms with Gasteiger partial charge >= 0.3 is 0 Å². The number of nitrogens with zero attached hydrogens (tertiary/aromatic N) is 2. The van der Waals surface area contributed by atoms with Crippen LogP contribution in [0.1, 0.15) is 36.1 Å². The molecule has 2 aromatic carbocycles. The van der Waals surface area contributed by atoms with Crippen LogP contribution in [0.4, 0.5) is 4.39 Å². The molecule has 33 heavy (non-hydrogen) atoms. The fourth-order valence-electron chi connectivity index (χ4n) is 3.83. The highest BCUT2D eigenvalue weighted by atomic mass is 19.1. The van der Waals surface area contributed by atoms with Gasteiger partial charge in [-0.25, -0.2) is 4.39 Å². The van der Waals surface area contributed by atoms with Gasteiger partial charge in [-0.15, -0.1) is 0 Å². The lowest BCUT2D eigenvalue weighted by Crippen LogP contribution is -2.29. The van der Waals surface area contributed by atoms with Crippen molar-refractivity contribution in [3.8, 4) is 5.75 Å². The van der Waals surface area contributed by atoms with Crippen molar-refractivity contribution in [3.05, 3.63) is 101 Å². The van der Waals surface area contributed by atoms with E-state index in [1.807, 2.05) is 6.92 Å². The van der Waals surface area contributed by atoms with Gasteiger partial charge in [-0.1, -0.05) is 31.2 Å². The van der Waals surface area contributed by atoms with Crippen molar-refractivity contribution in [2.24, 2.45) is 0 Å². The molecule has 1 unspecified atom stereocenters. The Balaban J connectivity index is 1.81. The van der Waals surface area contributed by atoms with E-state index < -0.39 is 23.5 Å². The Morgan fingerprint density at radius 2 is 1.82 bits per heavy atom.